The summed E-state index contributed by atoms with van der Waals surface area (Å²) < 4.78 is 1.94. The van der Waals surface area contributed by atoms with Gasteiger partial charge in [-0.1, -0.05) is 36.4 Å². The Bertz CT molecular complexity index is 978. The molecule has 4 nitrogen and oxygen atoms in total. The van der Waals surface area contributed by atoms with Crippen LogP contribution in [-0.4, -0.2) is 21.4 Å². The van der Waals surface area contributed by atoms with Crippen LogP contribution in [0.3, 0.4) is 0 Å². The first-order valence-corrected chi connectivity index (χ1v) is 10.5. The summed E-state index contributed by atoms with van der Waals surface area (Å²) in [6.45, 7) is 0. The molecule has 1 fully saturated rings. The summed E-state index contributed by atoms with van der Waals surface area (Å²) in [5.74, 6) is 1.45. The van der Waals surface area contributed by atoms with Crippen LogP contribution in [0, 0.1) is 0 Å². The van der Waals surface area contributed by atoms with Crippen LogP contribution in [0.5, 0.6) is 0 Å². The summed E-state index contributed by atoms with van der Waals surface area (Å²) in [5.41, 5.74) is 4.01. The third kappa shape index (κ3) is 3.16. The highest BCUT2D eigenvalue weighted by Gasteiger charge is 2.33. The van der Waals surface area contributed by atoms with Crippen LogP contribution < -0.4 is 5.32 Å². The number of nitrogens with one attached hydrogen (secondary N) is 1. The van der Waals surface area contributed by atoms with Crippen molar-refractivity contribution in [1.82, 2.24) is 15.1 Å². The van der Waals surface area contributed by atoms with Crippen LogP contribution in [0.25, 0.3) is 5.69 Å². The van der Waals surface area contributed by atoms with Gasteiger partial charge >= 0.3 is 0 Å². The number of para-hydroxylation sites is 1. The summed E-state index contributed by atoms with van der Waals surface area (Å²) in [6.07, 6.45) is 4.95. The fourth-order valence-electron chi connectivity index (χ4n) is 3.79. The van der Waals surface area contributed by atoms with Gasteiger partial charge in [0.2, 0.25) is 0 Å². The van der Waals surface area contributed by atoms with Crippen molar-refractivity contribution >= 4 is 17.7 Å². The van der Waals surface area contributed by atoms with E-state index >= 15 is 0 Å². The van der Waals surface area contributed by atoms with Crippen LogP contribution >= 0.6 is 11.8 Å². The molecule has 0 saturated heterocycles. The molecule has 5 rings (SSSR count). The van der Waals surface area contributed by atoms with Crippen LogP contribution in [-0.2, 0) is 0 Å². The highest BCUT2D eigenvalue weighted by molar-refractivity contribution is 7.99. The van der Waals surface area contributed by atoms with E-state index in [1.807, 2.05) is 52.8 Å². The number of carbonyl (C=O) groups is 1. The minimum Gasteiger partial charge on any atom is -0.345 e. The zero-order valence-corrected chi connectivity index (χ0v) is 15.8. The number of rotatable bonds is 4. The minimum atomic E-state index is -0.00853. The largest absolute Gasteiger partial charge is 0.345 e. The fraction of sp³-hybridized carbons (Fsp3) is 0.273. The van der Waals surface area contributed by atoms with Crippen molar-refractivity contribution in [3.63, 3.8) is 0 Å². The van der Waals surface area contributed by atoms with Gasteiger partial charge in [0.1, 0.15) is 0 Å². The van der Waals surface area contributed by atoms with Gasteiger partial charge in [-0.25, -0.2) is 4.68 Å². The minimum absolute atomic E-state index is 0.00853. The van der Waals surface area contributed by atoms with Crippen LogP contribution in [0.15, 0.2) is 65.7 Å². The van der Waals surface area contributed by atoms with Gasteiger partial charge in [-0.2, -0.15) is 5.10 Å². The first kappa shape index (κ1) is 16.6. The van der Waals surface area contributed by atoms with Crippen molar-refractivity contribution in [1.29, 1.82) is 0 Å². The lowest BCUT2D eigenvalue weighted by molar-refractivity contribution is 0.0934. The topological polar surface area (TPSA) is 46.9 Å². The highest BCUT2D eigenvalue weighted by atomic mass is 32.2. The number of hydrogen-bond acceptors (Lipinski definition) is 3. The zero-order valence-electron chi connectivity index (χ0n) is 15.0. The number of amides is 1. The third-order valence-electron chi connectivity index (χ3n) is 5.28. The Balaban J connectivity index is 1.46. The second-order valence-corrected chi connectivity index (χ2v) is 8.30. The molecule has 1 N–H and O–H groups in total. The fourth-order valence-corrected chi connectivity index (χ4v) is 4.91. The van der Waals surface area contributed by atoms with E-state index in [2.05, 4.69) is 28.6 Å². The van der Waals surface area contributed by atoms with Gasteiger partial charge in [0, 0.05) is 16.6 Å². The van der Waals surface area contributed by atoms with Gasteiger partial charge in [-0.3, -0.25) is 4.79 Å². The second-order valence-electron chi connectivity index (χ2n) is 7.17. The van der Waals surface area contributed by atoms with Crippen molar-refractivity contribution in [3.8, 4) is 5.69 Å². The number of fused-ring (bicyclic) bond motifs is 1. The molecule has 1 aliphatic heterocycles. The Labute approximate surface area is 163 Å². The summed E-state index contributed by atoms with van der Waals surface area (Å²) in [4.78, 5) is 14.4. The standard InChI is InChI=1S/C22H21N3OS/c26-22(24-19-12-13-27-20-9-5-4-8-17(19)20)18-14-23-25(21(18)15-10-11-15)16-6-2-1-3-7-16/h1-9,14-15,19H,10-13H2,(H,24,26). The van der Waals surface area contributed by atoms with Crippen molar-refractivity contribution in [2.24, 2.45) is 0 Å². The molecule has 0 spiro atoms. The Morgan fingerprint density at radius 3 is 2.63 bits per heavy atom. The van der Waals surface area contributed by atoms with E-state index in [-0.39, 0.29) is 11.9 Å². The Kier molecular flexibility index (Phi) is 4.24. The smallest absolute Gasteiger partial charge is 0.255 e. The molecular weight excluding hydrogens is 354 g/mol. The van der Waals surface area contributed by atoms with Gasteiger partial charge in [0.25, 0.3) is 5.91 Å². The molecule has 2 aliphatic rings. The molecule has 1 amide bonds. The van der Waals surface area contributed by atoms with Crippen LogP contribution in [0.2, 0.25) is 0 Å². The lowest BCUT2D eigenvalue weighted by Crippen LogP contribution is -2.31. The van der Waals surface area contributed by atoms with Crippen LogP contribution in [0.1, 0.15) is 52.8 Å². The molecule has 27 heavy (non-hydrogen) atoms. The second kappa shape index (κ2) is 6.89. The van der Waals surface area contributed by atoms with Crippen molar-refractivity contribution < 1.29 is 4.79 Å². The Morgan fingerprint density at radius 2 is 1.81 bits per heavy atom. The molecule has 2 aromatic carbocycles. The molecule has 1 atom stereocenters. The molecular formula is C22H21N3OS. The Morgan fingerprint density at radius 1 is 1.04 bits per heavy atom. The summed E-state index contributed by atoms with van der Waals surface area (Å²) in [6, 6.07) is 18.5. The lowest BCUT2D eigenvalue weighted by atomic mass is 10.0. The van der Waals surface area contributed by atoms with Crippen molar-refractivity contribution in [2.75, 3.05) is 5.75 Å². The predicted octanol–water partition coefficient (Wildman–Crippen LogP) is 4.72. The van der Waals surface area contributed by atoms with E-state index in [0.717, 1.165) is 42.0 Å². The van der Waals surface area contributed by atoms with E-state index in [1.165, 1.54) is 10.5 Å². The number of benzene rings is 2. The Hall–Kier alpha value is -2.53. The molecule has 0 bridgehead atoms. The van der Waals surface area contributed by atoms with E-state index in [9.17, 15) is 4.79 Å². The maximum Gasteiger partial charge on any atom is 0.255 e. The normalized spacial score (nSPS) is 18.7. The summed E-state index contributed by atoms with van der Waals surface area (Å²) >= 11 is 1.87. The monoisotopic (exact) mass is 375 g/mol. The molecule has 1 aliphatic carbocycles. The van der Waals surface area contributed by atoms with Gasteiger partial charge in [-0.05, 0) is 43.0 Å². The molecule has 3 aromatic rings. The number of nitrogens with zero attached hydrogens (tertiary/aromatic N) is 2. The molecule has 1 aromatic heterocycles. The van der Waals surface area contributed by atoms with Crippen molar-refractivity contribution in [3.05, 3.63) is 77.6 Å². The average Bonchev–Trinajstić information content (AvgIpc) is 3.46. The zero-order chi connectivity index (χ0) is 18.2. The van der Waals surface area contributed by atoms with Gasteiger partial charge in [0.15, 0.2) is 0 Å². The molecule has 5 heteroatoms. The van der Waals surface area contributed by atoms with E-state index in [4.69, 9.17) is 0 Å². The number of thioether (sulfide) groups is 1. The average molecular weight is 375 g/mol. The predicted molar refractivity (Wildman–Crippen MR) is 108 cm³/mol. The molecule has 1 unspecified atom stereocenters. The first-order valence-electron chi connectivity index (χ1n) is 9.47. The van der Waals surface area contributed by atoms with E-state index < -0.39 is 0 Å². The number of carbonyl (C=O) groups excluding carboxylic acids is 1. The molecule has 1 saturated carbocycles. The maximum atomic E-state index is 13.1. The molecule has 0 radical (unpaired) electrons. The third-order valence-corrected chi connectivity index (χ3v) is 6.40. The van der Waals surface area contributed by atoms with Crippen molar-refractivity contribution in [2.45, 2.75) is 36.1 Å². The van der Waals surface area contributed by atoms with Gasteiger partial charge in [0.05, 0.1) is 29.2 Å². The lowest BCUT2D eigenvalue weighted by Gasteiger charge is -2.25. The maximum absolute atomic E-state index is 13.1. The van der Waals surface area contributed by atoms with Crippen LogP contribution in [0.4, 0.5) is 0 Å². The van der Waals surface area contributed by atoms with E-state index in [0.29, 0.717) is 5.92 Å². The summed E-state index contributed by atoms with van der Waals surface area (Å²) in [7, 11) is 0. The highest BCUT2D eigenvalue weighted by Crippen LogP contribution is 2.43. The molecule has 136 valence electrons. The van der Waals surface area contributed by atoms with Gasteiger partial charge < -0.3 is 5.32 Å². The number of hydrogen-bond donors (Lipinski definition) is 1. The molecule has 2 heterocycles. The van der Waals surface area contributed by atoms with E-state index in [1.54, 1.807) is 6.20 Å². The first-order chi connectivity index (χ1) is 13.3. The SMILES string of the molecule is O=C(NC1CCSc2ccccc21)c1cnn(-c2ccccc2)c1C1CC1. The quantitative estimate of drug-likeness (QED) is 0.718. The summed E-state index contributed by atoms with van der Waals surface area (Å²) in [5, 5.41) is 7.83. The van der Waals surface area contributed by atoms with Gasteiger partial charge in [-0.15, -0.1) is 11.8 Å². The number of aromatic nitrogens is 2.